The Bertz CT molecular complexity index is 294. The van der Waals surface area contributed by atoms with E-state index in [9.17, 15) is 13.2 Å². The van der Waals surface area contributed by atoms with Gasteiger partial charge in [-0.1, -0.05) is 0 Å². The zero-order chi connectivity index (χ0) is 10.8. The standard InChI is InChI=1S/C8H10F3N3/c1-7(2,8(9,10)11)13-6-4-3-5-12-14-6/h3-5H,1-2H3,(H,13,14). The Kier molecular flexibility index (Phi) is 2.64. The van der Waals surface area contributed by atoms with Gasteiger partial charge in [0, 0.05) is 6.20 Å². The summed E-state index contributed by atoms with van der Waals surface area (Å²) in [5.74, 6) is 0.106. The molecule has 78 valence electrons. The molecular weight excluding hydrogens is 195 g/mol. The molecule has 0 aliphatic carbocycles. The molecule has 0 saturated heterocycles. The van der Waals surface area contributed by atoms with Crippen LogP contribution in [0.4, 0.5) is 19.0 Å². The highest BCUT2D eigenvalue weighted by Crippen LogP contribution is 2.31. The molecule has 0 fully saturated rings. The van der Waals surface area contributed by atoms with Crippen molar-refractivity contribution in [2.75, 3.05) is 5.32 Å². The molecule has 0 atom stereocenters. The van der Waals surface area contributed by atoms with Crippen molar-refractivity contribution < 1.29 is 13.2 Å². The molecule has 0 spiro atoms. The van der Waals surface area contributed by atoms with Crippen LogP contribution in [0.5, 0.6) is 0 Å². The molecule has 0 aliphatic heterocycles. The molecule has 0 amide bonds. The highest BCUT2D eigenvalue weighted by atomic mass is 19.4. The molecule has 0 unspecified atom stereocenters. The van der Waals surface area contributed by atoms with E-state index >= 15 is 0 Å². The maximum atomic E-state index is 12.4. The third-order valence-electron chi connectivity index (χ3n) is 1.72. The smallest absolute Gasteiger partial charge is 0.355 e. The number of nitrogens with one attached hydrogen (secondary N) is 1. The molecular formula is C8H10F3N3. The summed E-state index contributed by atoms with van der Waals surface area (Å²) in [7, 11) is 0. The molecule has 1 heterocycles. The Morgan fingerprint density at radius 3 is 2.36 bits per heavy atom. The van der Waals surface area contributed by atoms with Gasteiger partial charge in [-0.2, -0.15) is 18.3 Å². The normalized spacial score (nSPS) is 12.6. The van der Waals surface area contributed by atoms with E-state index in [4.69, 9.17) is 0 Å². The van der Waals surface area contributed by atoms with Gasteiger partial charge in [-0.3, -0.25) is 0 Å². The van der Waals surface area contributed by atoms with Crippen LogP contribution in [-0.2, 0) is 0 Å². The zero-order valence-electron chi connectivity index (χ0n) is 7.76. The first-order chi connectivity index (χ1) is 6.33. The maximum Gasteiger partial charge on any atom is 0.410 e. The Hall–Kier alpha value is -1.33. The lowest BCUT2D eigenvalue weighted by Gasteiger charge is -2.28. The summed E-state index contributed by atoms with van der Waals surface area (Å²) in [5, 5.41) is 9.25. The average molecular weight is 205 g/mol. The molecule has 1 aromatic heterocycles. The van der Waals surface area contributed by atoms with Gasteiger partial charge >= 0.3 is 6.18 Å². The van der Waals surface area contributed by atoms with Gasteiger partial charge in [0.2, 0.25) is 0 Å². The molecule has 0 bridgehead atoms. The number of nitrogens with zero attached hydrogens (tertiary/aromatic N) is 2. The number of hydrogen-bond acceptors (Lipinski definition) is 3. The van der Waals surface area contributed by atoms with Crippen LogP contribution in [0, 0.1) is 0 Å². The lowest BCUT2D eigenvalue weighted by atomic mass is 10.1. The van der Waals surface area contributed by atoms with Crippen LogP contribution >= 0.6 is 0 Å². The summed E-state index contributed by atoms with van der Waals surface area (Å²) >= 11 is 0. The van der Waals surface area contributed by atoms with E-state index in [0.29, 0.717) is 0 Å². The van der Waals surface area contributed by atoms with Crippen molar-refractivity contribution in [3.8, 4) is 0 Å². The lowest BCUT2D eigenvalue weighted by molar-refractivity contribution is -0.168. The molecule has 0 aromatic carbocycles. The third kappa shape index (κ3) is 2.34. The van der Waals surface area contributed by atoms with Crippen molar-refractivity contribution in [1.82, 2.24) is 10.2 Å². The molecule has 0 saturated carbocycles. The maximum absolute atomic E-state index is 12.4. The number of aromatic nitrogens is 2. The third-order valence-corrected chi connectivity index (χ3v) is 1.72. The lowest BCUT2D eigenvalue weighted by Crippen LogP contribution is -2.46. The van der Waals surface area contributed by atoms with Gasteiger partial charge in [-0.05, 0) is 26.0 Å². The fourth-order valence-electron chi connectivity index (χ4n) is 0.759. The predicted octanol–water partition coefficient (Wildman–Crippen LogP) is 2.23. The predicted molar refractivity (Wildman–Crippen MR) is 45.8 cm³/mol. The zero-order valence-corrected chi connectivity index (χ0v) is 7.76. The Morgan fingerprint density at radius 2 is 1.93 bits per heavy atom. The minimum absolute atomic E-state index is 0.106. The first-order valence-electron chi connectivity index (χ1n) is 3.95. The minimum atomic E-state index is -4.33. The average Bonchev–Trinajstić information content (AvgIpc) is 2.03. The first kappa shape index (κ1) is 10.7. The SMILES string of the molecule is CC(C)(Nc1cccnn1)C(F)(F)F. The van der Waals surface area contributed by atoms with Crippen LogP contribution in [0.1, 0.15) is 13.8 Å². The van der Waals surface area contributed by atoms with E-state index in [1.165, 1.54) is 18.3 Å². The second-order valence-electron chi connectivity index (χ2n) is 3.36. The molecule has 3 nitrogen and oxygen atoms in total. The number of anilines is 1. The minimum Gasteiger partial charge on any atom is -0.355 e. The quantitative estimate of drug-likeness (QED) is 0.804. The molecule has 6 heteroatoms. The van der Waals surface area contributed by atoms with Crippen molar-refractivity contribution in [3.05, 3.63) is 18.3 Å². The topological polar surface area (TPSA) is 37.8 Å². The van der Waals surface area contributed by atoms with Crippen LogP contribution in [0.3, 0.4) is 0 Å². The van der Waals surface area contributed by atoms with Crippen molar-refractivity contribution >= 4 is 5.82 Å². The largest absolute Gasteiger partial charge is 0.410 e. The molecule has 1 N–H and O–H groups in total. The van der Waals surface area contributed by atoms with E-state index < -0.39 is 11.7 Å². The van der Waals surface area contributed by atoms with Gasteiger partial charge in [0.25, 0.3) is 0 Å². The highest BCUT2D eigenvalue weighted by molar-refractivity contribution is 5.35. The van der Waals surface area contributed by atoms with Crippen molar-refractivity contribution in [3.63, 3.8) is 0 Å². The van der Waals surface area contributed by atoms with E-state index in [-0.39, 0.29) is 5.82 Å². The van der Waals surface area contributed by atoms with Crippen LogP contribution in [-0.4, -0.2) is 21.9 Å². The van der Waals surface area contributed by atoms with E-state index in [1.807, 2.05) is 0 Å². The number of hydrogen-bond donors (Lipinski definition) is 1. The fourth-order valence-corrected chi connectivity index (χ4v) is 0.759. The monoisotopic (exact) mass is 205 g/mol. The number of halogens is 3. The van der Waals surface area contributed by atoms with Gasteiger partial charge in [0.15, 0.2) is 0 Å². The molecule has 1 aromatic rings. The second kappa shape index (κ2) is 3.43. The summed E-state index contributed by atoms with van der Waals surface area (Å²) in [5.41, 5.74) is -2.01. The fraction of sp³-hybridized carbons (Fsp3) is 0.500. The summed E-state index contributed by atoms with van der Waals surface area (Å²) < 4.78 is 37.2. The Labute approximate surface area is 79.3 Å². The molecule has 14 heavy (non-hydrogen) atoms. The Morgan fingerprint density at radius 1 is 1.29 bits per heavy atom. The van der Waals surface area contributed by atoms with E-state index in [0.717, 1.165) is 13.8 Å². The molecule has 0 aliphatic rings. The van der Waals surface area contributed by atoms with Crippen LogP contribution < -0.4 is 5.32 Å². The van der Waals surface area contributed by atoms with E-state index in [1.54, 1.807) is 0 Å². The van der Waals surface area contributed by atoms with Crippen molar-refractivity contribution in [1.29, 1.82) is 0 Å². The van der Waals surface area contributed by atoms with Gasteiger partial charge in [-0.15, -0.1) is 5.10 Å². The summed E-state index contributed by atoms with van der Waals surface area (Å²) in [6.07, 6.45) is -2.93. The van der Waals surface area contributed by atoms with Gasteiger partial charge < -0.3 is 5.32 Å². The van der Waals surface area contributed by atoms with Gasteiger partial charge in [-0.25, -0.2) is 0 Å². The van der Waals surface area contributed by atoms with Crippen LogP contribution in [0.25, 0.3) is 0 Å². The Balaban J connectivity index is 2.79. The molecule has 1 rings (SSSR count). The summed E-state index contributed by atoms with van der Waals surface area (Å²) in [6, 6.07) is 2.95. The summed E-state index contributed by atoms with van der Waals surface area (Å²) in [4.78, 5) is 0. The second-order valence-corrected chi connectivity index (χ2v) is 3.36. The van der Waals surface area contributed by atoms with E-state index in [2.05, 4.69) is 15.5 Å². The first-order valence-corrected chi connectivity index (χ1v) is 3.95. The van der Waals surface area contributed by atoms with Crippen LogP contribution in [0.2, 0.25) is 0 Å². The highest BCUT2D eigenvalue weighted by Gasteiger charge is 2.47. The van der Waals surface area contributed by atoms with Gasteiger partial charge in [0.1, 0.15) is 11.4 Å². The molecule has 0 radical (unpaired) electrons. The van der Waals surface area contributed by atoms with Gasteiger partial charge in [0.05, 0.1) is 0 Å². The van der Waals surface area contributed by atoms with Crippen LogP contribution in [0.15, 0.2) is 18.3 Å². The summed E-state index contributed by atoms with van der Waals surface area (Å²) in [6.45, 7) is 2.09. The number of alkyl halides is 3. The van der Waals surface area contributed by atoms with Crippen molar-refractivity contribution in [2.45, 2.75) is 25.6 Å². The van der Waals surface area contributed by atoms with Crippen molar-refractivity contribution in [2.24, 2.45) is 0 Å². The number of rotatable bonds is 2.